The second-order valence-corrected chi connectivity index (χ2v) is 8.89. The van der Waals surface area contributed by atoms with Crippen molar-refractivity contribution in [3.05, 3.63) is 30.4 Å². The molecule has 0 bridgehead atoms. The number of anilines is 1. The molecular weight excluding hydrogens is 408 g/mol. The minimum atomic E-state index is -0.339. The number of rotatable bonds is 5. The Morgan fingerprint density at radius 2 is 2.06 bits per heavy atom. The van der Waals surface area contributed by atoms with Gasteiger partial charge in [0.1, 0.15) is 11.5 Å². The smallest absolute Gasteiger partial charge is 0.228 e. The third kappa shape index (κ3) is 3.14. The number of hydrogen-bond acceptors (Lipinski definition) is 7. The van der Waals surface area contributed by atoms with Crippen molar-refractivity contribution in [2.75, 3.05) is 26.5 Å². The van der Waals surface area contributed by atoms with Crippen LogP contribution in [0.4, 0.5) is 5.95 Å². The molecule has 0 spiro atoms. The van der Waals surface area contributed by atoms with Gasteiger partial charge in [-0.1, -0.05) is 6.92 Å². The predicted octanol–water partition coefficient (Wildman–Crippen LogP) is 2.65. The first-order chi connectivity index (χ1) is 15.3. The Kier molecular flexibility index (Phi) is 4.54. The van der Waals surface area contributed by atoms with Crippen LogP contribution in [0.15, 0.2) is 24.5 Å². The van der Waals surface area contributed by atoms with Crippen molar-refractivity contribution in [1.29, 1.82) is 0 Å². The van der Waals surface area contributed by atoms with Crippen molar-refractivity contribution in [1.82, 2.24) is 34.4 Å². The van der Waals surface area contributed by atoms with E-state index in [2.05, 4.69) is 30.5 Å². The van der Waals surface area contributed by atoms with E-state index in [0.29, 0.717) is 17.5 Å². The first kappa shape index (κ1) is 20.2. The Morgan fingerprint density at radius 3 is 2.78 bits per heavy atom. The summed E-state index contributed by atoms with van der Waals surface area (Å²) in [6, 6.07) is 4.06. The van der Waals surface area contributed by atoms with E-state index in [-0.39, 0.29) is 17.4 Å². The molecule has 1 saturated carbocycles. The highest BCUT2D eigenvalue weighted by Crippen LogP contribution is 2.43. The number of carbonyl (C=O) groups excluding carboxylic acids is 1. The van der Waals surface area contributed by atoms with E-state index >= 15 is 0 Å². The summed E-state index contributed by atoms with van der Waals surface area (Å²) >= 11 is 0. The number of H-pyrrole nitrogens is 1. The highest BCUT2D eigenvalue weighted by molar-refractivity contribution is 5.97. The number of nitrogens with zero attached hydrogens (tertiary/aromatic N) is 6. The predicted molar refractivity (Wildman–Crippen MR) is 121 cm³/mol. The zero-order chi connectivity index (χ0) is 22.6. The van der Waals surface area contributed by atoms with E-state index in [1.807, 2.05) is 42.8 Å². The number of ether oxygens (including phenoxy) is 1. The Labute approximate surface area is 185 Å². The number of aromatic nitrogens is 6. The standard InChI is InChI=1S/C22H26N8O2/c1-12-27-28-16-7-6-13(11-30(12)16)15-10-23-18-17(15)19(32-5)26-21(25-18)24-14-8-22(2,9-14)20(31)29(3)4/h6-7,10-11,14H,8-9H2,1-5H3,(H2,23,24,25,26). The molecule has 0 aromatic carbocycles. The molecule has 1 aliphatic carbocycles. The average molecular weight is 435 g/mol. The Bertz CT molecular complexity index is 1330. The lowest BCUT2D eigenvalue weighted by Crippen LogP contribution is -2.52. The Hall–Kier alpha value is -3.69. The molecule has 10 heteroatoms. The second-order valence-electron chi connectivity index (χ2n) is 8.89. The Morgan fingerprint density at radius 1 is 1.28 bits per heavy atom. The molecule has 4 heterocycles. The molecule has 32 heavy (non-hydrogen) atoms. The lowest BCUT2D eigenvalue weighted by Gasteiger charge is -2.45. The van der Waals surface area contributed by atoms with Crippen LogP contribution in [0.3, 0.4) is 0 Å². The Balaban J connectivity index is 1.44. The van der Waals surface area contributed by atoms with E-state index < -0.39 is 0 Å². The van der Waals surface area contributed by atoms with Gasteiger partial charge in [-0.25, -0.2) is 0 Å². The summed E-state index contributed by atoms with van der Waals surface area (Å²) in [5.74, 6) is 1.94. The van der Waals surface area contributed by atoms with Crippen LogP contribution in [-0.2, 0) is 4.79 Å². The zero-order valence-corrected chi connectivity index (χ0v) is 18.8. The van der Waals surface area contributed by atoms with Crippen LogP contribution < -0.4 is 10.1 Å². The van der Waals surface area contributed by atoms with E-state index in [4.69, 9.17) is 4.74 Å². The van der Waals surface area contributed by atoms with E-state index in [1.165, 1.54) is 0 Å². The molecule has 166 valence electrons. The summed E-state index contributed by atoms with van der Waals surface area (Å²) in [5.41, 5.74) is 3.05. The fourth-order valence-corrected chi connectivity index (χ4v) is 4.63. The average Bonchev–Trinajstić information content (AvgIpc) is 3.34. The van der Waals surface area contributed by atoms with Gasteiger partial charge in [-0.2, -0.15) is 9.97 Å². The van der Waals surface area contributed by atoms with Crippen LogP contribution in [0, 0.1) is 12.3 Å². The van der Waals surface area contributed by atoms with Gasteiger partial charge >= 0.3 is 0 Å². The van der Waals surface area contributed by atoms with Gasteiger partial charge in [0, 0.05) is 43.7 Å². The number of aryl methyl sites for hydroxylation is 1. The van der Waals surface area contributed by atoms with Crippen molar-refractivity contribution >= 4 is 28.5 Å². The maximum absolute atomic E-state index is 12.4. The van der Waals surface area contributed by atoms with Crippen molar-refractivity contribution in [3.8, 4) is 17.0 Å². The summed E-state index contributed by atoms with van der Waals surface area (Å²) in [5, 5.41) is 12.4. The maximum atomic E-state index is 12.4. The topological polar surface area (TPSA) is 113 Å². The van der Waals surface area contributed by atoms with Gasteiger partial charge in [-0.15, -0.1) is 10.2 Å². The molecule has 1 amide bonds. The quantitative estimate of drug-likeness (QED) is 0.496. The SMILES string of the molecule is COc1nc(NC2CC(C)(C(=O)N(C)C)C2)nc2[nH]cc(-c3ccc4nnc(C)n4c3)c12. The molecule has 5 rings (SSSR count). The van der Waals surface area contributed by atoms with Crippen molar-refractivity contribution in [2.24, 2.45) is 5.41 Å². The fourth-order valence-electron chi connectivity index (χ4n) is 4.63. The molecule has 2 N–H and O–H groups in total. The molecule has 1 aliphatic rings. The first-order valence-electron chi connectivity index (χ1n) is 10.5. The third-order valence-electron chi connectivity index (χ3n) is 6.23. The fraction of sp³-hybridized carbons (Fsp3) is 0.409. The van der Waals surface area contributed by atoms with Gasteiger partial charge in [-0.3, -0.25) is 9.20 Å². The number of nitrogens with one attached hydrogen (secondary N) is 2. The lowest BCUT2D eigenvalue weighted by atomic mass is 9.66. The molecule has 4 aromatic rings. The number of fused-ring (bicyclic) bond motifs is 2. The van der Waals surface area contributed by atoms with Crippen LogP contribution in [0.1, 0.15) is 25.6 Å². The molecule has 10 nitrogen and oxygen atoms in total. The maximum Gasteiger partial charge on any atom is 0.228 e. The molecule has 0 atom stereocenters. The normalized spacial score (nSPS) is 20.3. The van der Waals surface area contributed by atoms with E-state index in [0.717, 1.165) is 40.8 Å². The van der Waals surface area contributed by atoms with Gasteiger partial charge in [-0.05, 0) is 31.9 Å². The van der Waals surface area contributed by atoms with Gasteiger partial charge in [0.2, 0.25) is 17.7 Å². The monoisotopic (exact) mass is 434 g/mol. The molecule has 0 unspecified atom stereocenters. The summed E-state index contributed by atoms with van der Waals surface area (Å²) in [4.78, 5) is 26.5. The van der Waals surface area contributed by atoms with Crippen molar-refractivity contribution in [2.45, 2.75) is 32.7 Å². The summed E-state index contributed by atoms with van der Waals surface area (Å²) in [7, 11) is 5.19. The molecule has 0 aliphatic heterocycles. The minimum absolute atomic E-state index is 0.139. The van der Waals surface area contributed by atoms with Crippen LogP contribution >= 0.6 is 0 Å². The molecular formula is C22H26N8O2. The summed E-state index contributed by atoms with van der Waals surface area (Å²) < 4.78 is 7.57. The van der Waals surface area contributed by atoms with Gasteiger partial charge in [0.25, 0.3) is 0 Å². The molecule has 4 aromatic heterocycles. The number of aromatic amines is 1. The largest absolute Gasteiger partial charge is 0.480 e. The van der Waals surface area contributed by atoms with Crippen molar-refractivity contribution in [3.63, 3.8) is 0 Å². The zero-order valence-electron chi connectivity index (χ0n) is 18.8. The van der Waals surface area contributed by atoms with Gasteiger partial charge in [0.15, 0.2) is 5.65 Å². The molecule has 0 saturated heterocycles. The molecule has 0 radical (unpaired) electrons. The van der Waals surface area contributed by atoms with Crippen LogP contribution in [0.5, 0.6) is 5.88 Å². The first-order valence-corrected chi connectivity index (χ1v) is 10.5. The molecule has 1 fully saturated rings. The van der Waals surface area contributed by atoms with Crippen LogP contribution in [0.2, 0.25) is 0 Å². The van der Waals surface area contributed by atoms with Gasteiger partial charge in [0.05, 0.1) is 17.9 Å². The highest BCUT2D eigenvalue weighted by atomic mass is 16.5. The number of hydrogen-bond donors (Lipinski definition) is 2. The number of methoxy groups -OCH3 is 1. The van der Waals surface area contributed by atoms with Gasteiger partial charge < -0.3 is 19.9 Å². The van der Waals surface area contributed by atoms with E-state index in [9.17, 15) is 4.79 Å². The van der Waals surface area contributed by atoms with Crippen molar-refractivity contribution < 1.29 is 9.53 Å². The second kappa shape index (κ2) is 7.18. The van der Waals surface area contributed by atoms with E-state index in [1.54, 1.807) is 26.1 Å². The van der Waals surface area contributed by atoms with Crippen LogP contribution in [-0.4, -0.2) is 67.6 Å². The highest BCUT2D eigenvalue weighted by Gasteiger charge is 2.47. The number of carbonyl (C=O) groups is 1. The third-order valence-corrected chi connectivity index (χ3v) is 6.23. The summed E-state index contributed by atoms with van der Waals surface area (Å²) in [6.45, 7) is 3.92. The number of pyridine rings is 1. The lowest BCUT2D eigenvalue weighted by molar-refractivity contribution is -0.143. The minimum Gasteiger partial charge on any atom is -0.480 e. The van der Waals surface area contributed by atoms with Crippen LogP contribution in [0.25, 0.3) is 27.8 Å². The number of amides is 1. The summed E-state index contributed by atoms with van der Waals surface area (Å²) in [6.07, 6.45) is 5.38.